The molecule has 1 amide bonds. The van der Waals surface area contributed by atoms with Crippen LogP contribution in [0.5, 0.6) is 11.6 Å². The summed E-state index contributed by atoms with van der Waals surface area (Å²) in [6.07, 6.45) is 5.31. The highest BCUT2D eigenvalue weighted by Gasteiger charge is 2.28. The number of aromatic nitrogens is 2. The number of likely N-dealkylation sites (tertiary alicyclic amines) is 1. The smallest absolute Gasteiger partial charge is 0.257 e. The lowest BCUT2D eigenvalue weighted by molar-refractivity contribution is -0.130. The van der Waals surface area contributed by atoms with Crippen LogP contribution in [0.4, 0.5) is 5.82 Å². The van der Waals surface area contributed by atoms with Crippen LogP contribution in [-0.4, -0.2) is 60.2 Å². The van der Waals surface area contributed by atoms with Crippen LogP contribution in [0.2, 0.25) is 0 Å². The Morgan fingerprint density at radius 3 is 2.59 bits per heavy atom. The highest BCUT2D eigenvalue weighted by atomic mass is 16.5. The normalized spacial score (nSPS) is 16.0. The number of anilines is 1. The van der Waals surface area contributed by atoms with Crippen molar-refractivity contribution in [3.8, 4) is 11.6 Å². The number of nitrogens with zero attached hydrogens (tertiary/aromatic N) is 4. The van der Waals surface area contributed by atoms with Crippen LogP contribution >= 0.6 is 0 Å². The number of hydrogen-bond donors (Lipinski definition) is 0. The molecule has 1 aliphatic heterocycles. The van der Waals surface area contributed by atoms with Gasteiger partial charge in [0.15, 0.2) is 5.82 Å². The van der Waals surface area contributed by atoms with E-state index in [-0.39, 0.29) is 12.0 Å². The van der Waals surface area contributed by atoms with Gasteiger partial charge in [0.2, 0.25) is 5.91 Å². The molecule has 1 saturated heterocycles. The van der Waals surface area contributed by atoms with Crippen LogP contribution in [0, 0.1) is 0 Å². The zero-order valence-corrected chi connectivity index (χ0v) is 17.5. The van der Waals surface area contributed by atoms with Crippen LogP contribution in [0.25, 0.3) is 0 Å². The fourth-order valence-corrected chi connectivity index (χ4v) is 3.55. The lowest BCUT2D eigenvalue weighted by atomic mass is 10.1. The minimum atomic E-state index is -0.0500. The van der Waals surface area contributed by atoms with Crippen molar-refractivity contribution in [2.24, 2.45) is 0 Å². The van der Waals surface area contributed by atoms with Gasteiger partial charge in [0, 0.05) is 44.9 Å². The maximum absolute atomic E-state index is 12.6. The van der Waals surface area contributed by atoms with Gasteiger partial charge in [-0.2, -0.15) is 0 Å². The van der Waals surface area contributed by atoms with E-state index in [1.54, 1.807) is 19.5 Å². The van der Waals surface area contributed by atoms with E-state index in [0.29, 0.717) is 25.4 Å². The molecule has 156 valence electrons. The summed E-state index contributed by atoms with van der Waals surface area (Å²) in [6, 6.07) is 7.86. The van der Waals surface area contributed by atoms with Gasteiger partial charge >= 0.3 is 0 Å². The van der Waals surface area contributed by atoms with Crippen LogP contribution in [0.3, 0.4) is 0 Å². The quantitative estimate of drug-likeness (QED) is 0.647. The van der Waals surface area contributed by atoms with Gasteiger partial charge in [-0.15, -0.1) is 0 Å². The summed E-state index contributed by atoms with van der Waals surface area (Å²) in [5, 5.41) is 0. The van der Waals surface area contributed by atoms with Gasteiger partial charge in [-0.25, -0.2) is 9.97 Å². The average Bonchev–Trinajstić information content (AvgIpc) is 3.23. The van der Waals surface area contributed by atoms with E-state index in [9.17, 15) is 4.79 Å². The van der Waals surface area contributed by atoms with E-state index in [0.717, 1.165) is 43.1 Å². The fraction of sp³-hybridized carbons (Fsp3) is 0.500. The Morgan fingerprint density at radius 1 is 1.17 bits per heavy atom. The molecule has 1 aromatic carbocycles. The molecule has 1 unspecified atom stereocenters. The van der Waals surface area contributed by atoms with Crippen LogP contribution in [0.15, 0.2) is 36.7 Å². The van der Waals surface area contributed by atoms with Gasteiger partial charge in [0.1, 0.15) is 11.9 Å². The van der Waals surface area contributed by atoms with E-state index in [2.05, 4.69) is 28.7 Å². The molecule has 3 rings (SSSR count). The number of benzene rings is 1. The highest BCUT2D eigenvalue weighted by Crippen LogP contribution is 2.26. The number of ether oxygens (including phenoxy) is 2. The average molecular weight is 399 g/mol. The molecule has 0 radical (unpaired) electrons. The Bertz CT molecular complexity index is 793. The van der Waals surface area contributed by atoms with Gasteiger partial charge in [-0.1, -0.05) is 12.1 Å². The van der Waals surface area contributed by atoms with Crippen LogP contribution < -0.4 is 14.4 Å². The molecule has 1 aromatic heterocycles. The molecule has 7 nitrogen and oxygen atoms in total. The zero-order valence-electron chi connectivity index (χ0n) is 17.5. The summed E-state index contributed by atoms with van der Waals surface area (Å²) in [7, 11) is 1.65. The Hall–Kier alpha value is -2.83. The summed E-state index contributed by atoms with van der Waals surface area (Å²) in [5.74, 6) is 2.30. The second-order valence-electron chi connectivity index (χ2n) is 7.07. The predicted octanol–water partition coefficient (Wildman–Crippen LogP) is 2.94. The molecule has 0 aliphatic carbocycles. The molecular formula is C22H30N4O3. The fourth-order valence-electron chi connectivity index (χ4n) is 3.55. The SMILES string of the molecule is CCN(CC)c1nccnc1OC1CCN(C(=O)CCc2ccc(OC)cc2)C1. The number of aryl methyl sites for hydroxylation is 1. The van der Waals surface area contributed by atoms with Crippen LogP contribution in [-0.2, 0) is 11.2 Å². The molecule has 2 aromatic rings. The maximum Gasteiger partial charge on any atom is 0.257 e. The number of methoxy groups -OCH3 is 1. The Morgan fingerprint density at radius 2 is 1.90 bits per heavy atom. The molecular weight excluding hydrogens is 368 g/mol. The van der Waals surface area contributed by atoms with Crippen molar-refractivity contribution in [2.75, 3.05) is 38.2 Å². The highest BCUT2D eigenvalue weighted by molar-refractivity contribution is 5.76. The first-order valence-electron chi connectivity index (χ1n) is 10.3. The largest absolute Gasteiger partial charge is 0.497 e. The number of carbonyl (C=O) groups is 1. The summed E-state index contributed by atoms with van der Waals surface area (Å²) in [4.78, 5) is 25.4. The summed E-state index contributed by atoms with van der Waals surface area (Å²) in [6.45, 7) is 7.16. The summed E-state index contributed by atoms with van der Waals surface area (Å²) in [5.41, 5.74) is 1.13. The minimum absolute atomic E-state index is 0.0500. The van der Waals surface area contributed by atoms with Crippen molar-refractivity contribution in [3.05, 3.63) is 42.2 Å². The molecule has 0 bridgehead atoms. The molecule has 0 saturated carbocycles. The lowest BCUT2D eigenvalue weighted by Gasteiger charge is -2.23. The van der Waals surface area contributed by atoms with Gasteiger partial charge in [-0.3, -0.25) is 4.79 Å². The van der Waals surface area contributed by atoms with Crippen molar-refractivity contribution in [1.82, 2.24) is 14.9 Å². The van der Waals surface area contributed by atoms with Crippen LogP contribution in [0.1, 0.15) is 32.3 Å². The van der Waals surface area contributed by atoms with E-state index in [4.69, 9.17) is 9.47 Å². The van der Waals surface area contributed by atoms with Gasteiger partial charge in [-0.05, 0) is 38.0 Å². The van der Waals surface area contributed by atoms with E-state index >= 15 is 0 Å². The van der Waals surface area contributed by atoms with E-state index in [1.165, 1.54) is 0 Å². The monoisotopic (exact) mass is 398 g/mol. The van der Waals surface area contributed by atoms with Gasteiger partial charge in [0.05, 0.1) is 13.7 Å². The standard InChI is InChI=1S/C22H30N4O3/c1-4-25(5-2)21-22(24-14-13-23-21)29-19-12-15-26(16-19)20(27)11-8-17-6-9-18(28-3)10-7-17/h6-7,9-10,13-14,19H,4-5,8,11-12,15-16H2,1-3H3. The Labute approximate surface area is 172 Å². The molecule has 7 heteroatoms. The van der Waals surface area contributed by atoms with Crippen molar-refractivity contribution >= 4 is 11.7 Å². The van der Waals surface area contributed by atoms with Crippen molar-refractivity contribution in [3.63, 3.8) is 0 Å². The molecule has 1 atom stereocenters. The van der Waals surface area contributed by atoms with Crippen molar-refractivity contribution < 1.29 is 14.3 Å². The Balaban J connectivity index is 1.53. The first-order chi connectivity index (χ1) is 14.1. The van der Waals surface area contributed by atoms with Gasteiger partial charge in [0.25, 0.3) is 5.88 Å². The molecule has 1 aliphatic rings. The number of rotatable bonds is 9. The second kappa shape index (κ2) is 10.1. The first kappa shape index (κ1) is 20.9. The molecule has 2 heterocycles. The second-order valence-corrected chi connectivity index (χ2v) is 7.07. The zero-order chi connectivity index (χ0) is 20.6. The molecule has 0 N–H and O–H groups in total. The number of hydrogen-bond acceptors (Lipinski definition) is 6. The molecule has 29 heavy (non-hydrogen) atoms. The third-order valence-corrected chi connectivity index (χ3v) is 5.27. The van der Waals surface area contributed by atoms with E-state index in [1.807, 2.05) is 29.2 Å². The van der Waals surface area contributed by atoms with E-state index < -0.39 is 0 Å². The summed E-state index contributed by atoms with van der Waals surface area (Å²) >= 11 is 0. The lowest BCUT2D eigenvalue weighted by Crippen LogP contribution is -2.31. The van der Waals surface area contributed by atoms with Gasteiger partial charge < -0.3 is 19.3 Å². The minimum Gasteiger partial charge on any atom is -0.497 e. The van der Waals surface area contributed by atoms with Crippen molar-refractivity contribution in [2.45, 2.75) is 39.2 Å². The number of amides is 1. The first-order valence-corrected chi connectivity index (χ1v) is 10.3. The summed E-state index contributed by atoms with van der Waals surface area (Å²) < 4.78 is 11.3. The molecule has 0 spiro atoms. The Kier molecular flexibility index (Phi) is 7.27. The third-order valence-electron chi connectivity index (χ3n) is 5.27. The molecule has 1 fully saturated rings. The number of carbonyl (C=O) groups excluding carboxylic acids is 1. The maximum atomic E-state index is 12.6. The predicted molar refractivity (Wildman–Crippen MR) is 113 cm³/mol. The third kappa shape index (κ3) is 5.37. The van der Waals surface area contributed by atoms with Crippen molar-refractivity contribution in [1.29, 1.82) is 0 Å². The topological polar surface area (TPSA) is 67.8 Å².